The monoisotopic (exact) mass is 170 g/mol. The molecule has 0 spiro atoms. The van der Waals surface area contributed by atoms with Crippen LogP contribution in [0.5, 0.6) is 0 Å². The molecule has 0 aromatic heterocycles. The lowest BCUT2D eigenvalue weighted by Crippen LogP contribution is -2.28. The average molecular weight is 170 g/mol. The highest BCUT2D eigenvalue weighted by Gasteiger charge is 2.36. The summed E-state index contributed by atoms with van der Waals surface area (Å²) < 4.78 is 5.37. The summed E-state index contributed by atoms with van der Waals surface area (Å²) in [4.78, 5) is 11.2. The van der Waals surface area contributed by atoms with Crippen molar-refractivity contribution in [1.29, 1.82) is 0 Å². The van der Waals surface area contributed by atoms with Gasteiger partial charge in [-0.15, -0.1) is 0 Å². The van der Waals surface area contributed by atoms with Crippen molar-refractivity contribution in [3.05, 3.63) is 11.8 Å². The number of carbonyl (C=O) groups excluding carboxylic acids is 1. The topological polar surface area (TPSA) is 46.5 Å². The van der Waals surface area contributed by atoms with Crippen LogP contribution >= 0.6 is 0 Å². The Balaban J connectivity index is 2.75. The number of hydrogen-bond donors (Lipinski definition) is 1. The summed E-state index contributed by atoms with van der Waals surface area (Å²) in [5.74, 6) is 0.473. The molecular weight excluding hydrogens is 156 g/mol. The highest BCUT2D eigenvalue weighted by molar-refractivity contribution is 5.98. The van der Waals surface area contributed by atoms with E-state index in [2.05, 4.69) is 0 Å². The molecule has 0 saturated carbocycles. The third kappa shape index (κ3) is 1.50. The van der Waals surface area contributed by atoms with Gasteiger partial charge in [0.15, 0.2) is 5.60 Å². The van der Waals surface area contributed by atoms with Crippen LogP contribution in [0.4, 0.5) is 0 Å². The van der Waals surface area contributed by atoms with Crippen LogP contribution in [0.15, 0.2) is 11.8 Å². The molecule has 12 heavy (non-hydrogen) atoms. The van der Waals surface area contributed by atoms with E-state index in [1.807, 2.05) is 6.92 Å². The van der Waals surface area contributed by atoms with E-state index in [4.69, 9.17) is 9.84 Å². The van der Waals surface area contributed by atoms with Gasteiger partial charge in [0.1, 0.15) is 5.76 Å². The minimum absolute atomic E-state index is 0.00912. The molecule has 0 bridgehead atoms. The summed E-state index contributed by atoms with van der Waals surface area (Å²) >= 11 is 0. The van der Waals surface area contributed by atoms with Gasteiger partial charge in [0.25, 0.3) is 0 Å². The van der Waals surface area contributed by atoms with E-state index in [1.165, 1.54) is 6.08 Å². The van der Waals surface area contributed by atoms with E-state index in [0.29, 0.717) is 5.76 Å². The van der Waals surface area contributed by atoms with Crippen LogP contribution in [-0.2, 0) is 9.53 Å². The fraction of sp³-hybridized carbons (Fsp3) is 0.667. The van der Waals surface area contributed by atoms with Crippen molar-refractivity contribution in [2.75, 3.05) is 6.61 Å². The fourth-order valence-electron chi connectivity index (χ4n) is 1.01. The van der Waals surface area contributed by atoms with Crippen LogP contribution in [-0.4, -0.2) is 23.1 Å². The largest absolute Gasteiger partial charge is 0.484 e. The summed E-state index contributed by atoms with van der Waals surface area (Å²) in [6, 6.07) is 0. The van der Waals surface area contributed by atoms with Gasteiger partial charge in [-0.05, 0) is 13.8 Å². The molecule has 0 aromatic rings. The molecule has 1 aliphatic rings. The maximum atomic E-state index is 11.2. The summed E-state index contributed by atoms with van der Waals surface area (Å²) in [7, 11) is 0. The fourth-order valence-corrected chi connectivity index (χ4v) is 1.01. The number of hydrogen-bond acceptors (Lipinski definition) is 3. The molecule has 0 aliphatic carbocycles. The Hall–Kier alpha value is -0.830. The highest BCUT2D eigenvalue weighted by Crippen LogP contribution is 2.28. The molecule has 0 aromatic carbocycles. The first-order chi connectivity index (χ1) is 5.47. The van der Waals surface area contributed by atoms with Crippen LogP contribution in [0, 0.1) is 5.92 Å². The van der Waals surface area contributed by atoms with Gasteiger partial charge in [0.2, 0.25) is 5.78 Å². The smallest absolute Gasteiger partial charge is 0.201 e. The van der Waals surface area contributed by atoms with E-state index in [0.717, 1.165) is 0 Å². The Kier molecular flexibility index (Phi) is 2.24. The lowest BCUT2D eigenvalue weighted by molar-refractivity contribution is -0.127. The van der Waals surface area contributed by atoms with Gasteiger partial charge in [-0.3, -0.25) is 4.79 Å². The summed E-state index contributed by atoms with van der Waals surface area (Å²) in [6.45, 7) is 5.28. The van der Waals surface area contributed by atoms with Crippen molar-refractivity contribution in [1.82, 2.24) is 0 Å². The molecule has 0 saturated heterocycles. The van der Waals surface area contributed by atoms with Gasteiger partial charge < -0.3 is 9.84 Å². The Bertz CT molecular complexity index is 228. The average Bonchev–Trinajstić information content (AvgIpc) is 2.25. The molecule has 1 heterocycles. The van der Waals surface area contributed by atoms with Gasteiger partial charge in [-0.25, -0.2) is 0 Å². The molecule has 3 nitrogen and oxygen atoms in total. The van der Waals surface area contributed by atoms with Crippen molar-refractivity contribution >= 4 is 5.78 Å². The van der Waals surface area contributed by atoms with Crippen molar-refractivity contribution < 1.29 is 14.6 Å². The van der Waals surface area contributed by atoms with Gasteiger partial charge in [0, 0.05) is 12.0 Å². The molecule has 1 rings (SSSR count). The second-order valence-electron chi connectivity index (χ2n) is 3.61. The first-order valence-corrected chi connectivity index (χ1v) is 4.03. The predicted octanol–water partition coefficient (Wildman–Crippen LogP) is 0.877. The van der Waals surface area contributed by atoms with E-state index in [1.54, 1.807) is 13.8 Å². The third-order valence-corrected chi connectivity index (χ3v) is 2.00. The molecule has 1 aliphatic heterocycles. The number of aliphatic hydroxyl groups excluding tert-OH is 1. The van der Waals surface area contributed by atoms with Gasteiger partial charge in [-0.2, -0.15) is 0 Å². The van der Waals surface area contributed by atoms with E-state index in [9.17, 15) is 4.79 Å². The second-order valence-corrected chi connectivity index (χ2v) is 3.61. The Morgan fingerprint density at radius 3 is 2.58 bits per heavy atom. The predicted molar refractivity (Wildman–Crippen MR) is 44.5 cm³/mol. The number of aliphatic hydroxyl groups is 1. The number of ketones is 1. The van der Waals surface area contributed by atoms with Crippen LogP contribution in [0.25, 0.3) is 0 Å². The summed E-state index contributed by atoms with van der Waals surface area (Å²) in [5, 5.41) is 8.82. The van der Waals surface area contributed by atoms with Crippen LogP contribution in [0.3, 0.4) is 0 Å². The normalized spacial score (nSPS) is 23.3. The minimum atomic E-state index is -0.737. The maximum absolute atomic E-state index is 11.2. The molecule has 0 fully saturated rings. The molecule has 3 heteroatoms. The van der Waals surface area contributed by atoms with E-state index < -0.39 is 5.60 Å². The Labute approximate surface area is 72.0 Å². The molecule has 68 valence electrons. The van der Waals surface area contributed by atoms with Gasteiger partial charge >= 0.3 is 0 Å². The zero-order valence-corrected chi connectivity index (χ0v) is 7.63. The van der Waals surface area contributed by atoms with E-state index in [-0.39, 0.29) is 18.3 Å². The number of carbonyl (C=O) groups is 1. The lowest BCUT2D eigenvalue weighted by atomic mass is 10.1. The minimum Gasteiger partial charge on any atom is -0.484 e. The molecule has 1 unspecified atom stereocenters. The Morgan fingerprint density at radius 1 is 1.67 bits per heavy atom. The molecule has 0 radical (unpaired) electrons. The van der Waals surface area contributed by atoms with Crippen LogP contribution in [0.1, 0.15) is 20.8 Å². The standard InChI is InChI=1S/C9H14O3/c1-6(5-10)7-4-8(11)9(2,3)12-7/h4,6,10H,5H2,1-3H3. The van der Waals surface area contributed by atoms with Gasteiger partial charge in [-0.1, -0.05) is 6.92 Å². The van der Waals surface area contributed by atoms with Crippen molar-refractivity contribution in [3.8, 4) is 0 Å². The molecule has 1 N–H and O–H groups in total. The molecular formula is C9H14O3. The second kappa shape index (κ2) is 2.90. The van der Waals surface area contributed by atoms with E-state index >= 15 is 0 Å². The number of ether oxygens (including phenoxy) is 1. The maximum Gasteiger partial charge on any atom is 0.201 e. The quantitative estimate of drug-likeness (QED) is 0.669. The summed E-state index contributed by atoms with van der Waals surface area (Å²) in [5.41, 5.74) is -0.737. The first kappa shape index (κ1) is 9.26. The first-order valence-electron chi connectivity index (χ1n) is 4.03. The van der Waals surface area contributed by atoms with Crippen molar-refractivity contribution in [3.63, 3.8) is 0 Å². The highest BCUT2D eigenvalue weighted by atomic mass is 16.5. The van der Waals surface area contributed by atoms with Crippen LogP contribution < -0.4 is 0 Å². The third-order valence-electron chi connectivity index (χ3n) is 2.00. The molecule has 0 amide bonds. The summed E-state index contributed by atoms with van der Waals surface area (Å²) in [6.07, 6.45) is 1.47. The van der Waals surface area contributed by atoms with Crippen LogP contribution in [0.2, 0.25) is 0 Å². The van der Waals surface area contributed by atoms with Gasteiger partial charge in [0.05, 0.1) is 6.61 Å². The lowest BCUT2D eigenvalue weighted by Gasteiger charge is -2.20. The SMILES string of the molecule is CC(CO)C1=CC(=O)C(C)(C)O1. The zero-order valence-electron chi connectivity index (χ0n) is 7.63. The molecule has 1 atom stereocenters. The van der Waals surface area contributed by atoms with Crippen molar-refractivity contribution in [2.24, 2.45) is 5.92 Å². The van der Waals surface area contributed by atoms with Crippen molar-refractivity contribution in [2.45, 2.75) is 26.4 Å². The zero-order chi connectivity index (χ0) is 9.35. The number of rotatable bonds is 2. The Morgan fingerprint density at radius 2 is 2.25 bits per heavy atom.